The van der Waals surface area contributed by atoms with Gasteiger partial charge in [0.05, 0.1) is 10.6 Å². The number of nitrogens with zero attached hydrogens (tertiary/aromatic N) is 2. The van der Waals surface area contributed by atoms with E-state index in [9.17, 15) is 18.0 Å². The molecular formula is C29H33Cl2N3O4S. The molecule has 1 atom stereocenters. The normalized spacial score (nSPS) is 12.2. The van der Waals surface area contributed by atoms with Gasteiger partial charge in [-0.25, -0.2) is 8.42 Å². The summed E-state index contributed by atoms with van der Waals surface area (Å²) in [6.45, 7) is 5.83. The van der Waals surface area contributed by atoms with E-state index >= 15 is 0 Å². The second kappa shape index (κ2) is 13.8. The standard InChI is InChI=1S/C29H33Cl2N3O4S/c1-4-27(29(36)32-18-21(2)3)33(19-22-10-12-23(30)13-11-22)28(35)20-34(25-16-14-24(31)15-17-25)39(37,38)26-8-6-5-7-9-26/h5-17,21,27H,4,18-20H2,1-3H3,(H,32,36)/t27-/m1/s1. The summed E-state index contributed by atoms with van der Waals surface area (Å²) in [6.07, 6.45) is 0.343. The summed E-state index contributed by atoms with van der Waals surface area (Å²) in [5.41, 5.74) is 1.03. The molecule has 2 amide bonds. The topological polar surface area (TPSA) is 86.8 Å². The molecular weight excluding hydrogens is 557 g/mol. The summed E-state index contributed by atoms with van der Waals surface area (Å²) in [4.78, 5) is 28.7. The molecule has 0 saturated carbocycles. The van der Waals surface area contributed by atoms with Gasteiger partial charge in [-0.05, 0) is 66.4 Å². The van der Waals surface area contributed by atoms with Crippen LogP contribution in [0.5, 0.6) is 0 Å². The highest BCUT2D eigenvalue weighted by Crippen LogP contribution is 2.26. The Labute approximate surface area is 240 Å². The maximum Gasteiger partial charge on any atom is 0.264 e. The third-order valence-electron chi connectivity index (χ3n) is 6.06. The van der Waals surface area contributed by atoms with Crippen LogP contribution >= 0.6 is 23.2 Å². The molecule has 0 radical (unpaired) electrons. The van der Waals surface area contributed by atoms with Gasteiger partial charge < -0.3 is 10.2 Å². The maximum atomic E-state index is 14.0. The second-order valence-electron chi connectivity index (χ2n) is 9.51. The van der Waals surface area contributed by atoms with E-state index in [0.717, 1.165) is 9.87 Å². The second-order valence-corrected chi connectivity index (χ2v) is 12.2. The Morgan fingerprint density at radius 1 is 0.872 bits per heavy atom. The van der Waals surface area contributed by atoms with Crippen molar-refractivity contribution >= 4 is 50.7 Å². The fourth-order valence-corrected chi connectivity index (χ4v) is 5.67. The number of hydrogen-bond donors (Lipinski definition) is 1. The number of anilines is 1. The number of hydrogen-bond acceptors (Lipinski definition) is 4. The van der Waals surface area contributed by atoms with E-state index in [0.29, 0.717) is 23.0 Å². The lowest BCUT2D eigenvalue weighted by Crippen LogP contribution is -2.52. The van der Waals surface area contributed by atoms with Gasteiger partial charge in [-0.2, -0.15) is 0 Å². The highest BCUT2D eigenvalue weighted by atomic mass is 35.5. The molecule has 0 fully saturated rings. The maximum absolute atomic E-state index is 14.0. The number of halogens is 2. The molecule has 10 heteroatoms. The fourth-order valence-electron chi connectivity index (χ4n) is 3.98. The Hall–Kier alpha value is -3.07. The fraction of sp³-hybridized carbons (Fsp3) is 0.310. The van der Waals surface area contributed by atoms with Crippen molar-refractivity contribution in [3.05, 3.63) is 94.5 Å². The number of nitrogens with one attached hydrogen (secondary N) is 1. The molecule has 0 aliphatic rings. The predicted molar refractivity (Wildman–Crippen MR) is 156 cm³/mol. The van der Waals surface area contributed by atoms with E-state index in [-0.39, 0.29) is 29.0 Å². The lowest BCUT2D eigenvalue weighted by molar-refractivity contribution is -0.140. The monoisotopic (exact) mass is 589 g/mol. The highest BCUT2D eigenvalue weighted by Gasteiger charge is 2.33. The van der Waals surface area contributed by atoms with Crippen LogP contribution < -0.4 is 9.62 Å². The number of carbonyl (C=O) groups is 2. The quantitative estimate of drug-likeness (QED) is 0.290. The molecule has 3 aromatic rings. The van der Waals surface area contributed by atoms with Gasteiger partial charge in [0.15, 0.2) is 0 Å². The molecule has 0 aliphatic carbocycles. The zero-order chi connectivity index (χ0) is 28.6. The Bertz CT molecular complexity index is 1350. The van der Waals surface area contributed by atoms with Gasteiger partial charge in [0.1, 0.15) is 12.6 Å². The molecule has 7 nitrogen and oxygen atoms in total. The molecule has 3 aromatic carbocycles. The lowest BCUT2D eigenvalue weighted by Gasteiger charge is -2.33. The Morgan fingerprint density at radius 2 is 1.44 bits per heavy atom. The van der Waals surface area contributed by atoms with E-state index in [2.05, 4.69) is 5.32 Å². The third-order valence-corrected chi connectivity index (χ3v) is 8.35. The van der Waals surface area contributed by atoms with Crippen LogP contribution in [-0.2, 0) is 26.2 Å². The molecule has 0 aliphatic heterocycles. The average molecular weight is 591 g/mol. The summed E-state index contributed by atoms with van der Waals surface area (Å²) >= 11 is 12.1. The van der Waals surface area contributed by atoms with Crippen LogP contribution in [0.15, 0.2) is 83.8 Å². The van der Waals surface area contributed by atoms with E-state index in [1.807, 2.05) is 20.8 Å². The van der Waals surface area contributed by atoms with Crippen molar-refractivity contribution in [1.29, 1.82) is 0 Å². The Balaban J connectivity index is 2.02. The van der Waals surface area contributed by atoms with Gasteiger partial charge in [0.2, 0.25) is 11.8 Å². The molecule has 0 saturated heterocycles. The number of sulfonamides is 1. The average Bonchev–Trinajstić information content (AvgIpc) is 2.92. The molecule has 0 aromatic heterocycles. The molecule has 208 valence electrons. The van der Waals surface area contributed by atoms with Crippen molar-refractivity contribution in [2.45, 2.75) is 44.7 Å². The van der Waals surface area contributed by atoms with Crippen LogP contribution in [0, 0.1) is 5.92 Å². The van der Waals surface area contributed by atoms with Crippen molar-refractivity contribution in [3.8, 4) is 0 Å². The third kappa shape index (κ3) is 8.21. The summed E-state index contributed by atoms with van der Waals surface area (Å²) in [6, 6.07) is 20.3. The Morgan fingerprint density at radius 3 is 1.97 bits per heavy atom. The molecule has 39 heavy (non-hydrogen) atoms. The number of amides is 2. The zero-order valence-electron chi connectivity index (χ0n) is 22.2. The van der Waals surface area contributed by atoms with Crippen molar-refractivity contribution in [2.24, 2.45) is 5.92 Å². The molecule has 0 unspecified atom stereocenters. The largest absolute Gasteiger partial charge is 0.354 e. The minimum atomic E-state index is -4.12. The van der Waals surface area contributed by atoms with E-state index in [1.165, 1.54) is 17.0 Å². The summed E-state index contributed by atoms with van der Waals surface area (Å²) in [5, 5.41) is 3.88. The zero-order valence-corrected chi connectivity index (χ0v) is 24.5. The predicted octanol–water partition coefficient (Wildman–Crippen LogP) is 5.77. The van der Waals surface area contributed by atoms with Crippen molar-refractivity contribution in [2.75, 3.05) is 17.4 Å². The van der Waals surface area contributed by atoms with Gasteiger partial charge in [-0.1, -0.05) is 74.3 Å². The minimum absolute atomic E-state index is 0.0405. The van der Waals surface area contributed by atoms with Crippen molar-refractivity contribution in [1.82, 2.24) is 10.2 Å². The Kier molecular flexibility index (Phi) is 10.8. The van der Waals surface area contributed by atoms with Gasteiger partial charge in [-0.15, -0.1) is 0 Å². The van der Waals surface area contributed by atoms with E-state index < -0.39 is 28.5 Å². The first kappa shape index (κ1) is 30.5. The minimum Gasteiger partial charge on any atom is -0.354 e. The highest BCUT2D eigenvalue weighted by molar-refractivity contribution is 7.92. The van der Waals surface area contributed by atoms with Gasteiger partial charge >= 0.3 is 0 Å². The van der Waals surface area contributed by atoms with Crippen molar-refractivity contribution < 1.29 is 18.0 Å². The summed E-state index contributed by atoms with van der Waals surface area (Å²) in [7, 11) is -4.12. The van der Waals surface area contributed by atoms with Gasteiger partial charge in [0.25, 0.3) is 10.0 Å². The molecule has 0 bridgehead atoms. The summed E-state index contributed by atoms with van der Waals surface area (Å²) in [5.74, 6) is -0.591. The van der Waals surface area contributed by atoms with Gasteiger partial charge in [0, 0.05) is 23.1 Å². The number of benzene rings is 3. The van der Waals surface area contributed by atoms with Gasteiger partial charge in [-0.3, -0.25) is 13.9 Å². The van der Waals surface area contributed by atoms with E-state index in [1.54, 1.807) is 66.7 Å². The smallest absolute Gasteiger partial charge is 0.264 e. The first-order chi connectivity index (χ1) is 18.5. The molecule has 1 N–H and O–H groups in total. The van der Waals surface area contributed by atoms with Crippen LogP contribution in [-0.4, -0.2) is 44.3 Å². The number of carbonyl (C=O) groups excluding carboxylic acids is 2. The number of rotatable bonds is 12. The van der Waals surface area contributed by atoms with E-state index in [4.69, 9.17) is 23.2 Å². The summed E-state index contributed by atoms with van der Waals surface area (Å²) < 4.78 is 28.6. The SMILES string of the molecule is CC[C@H](C(=O)NCC(C)C)N(Cc1ccc(Cl)cc1)C(=O)CN(c1ccc(Cl)cc1)S(=O)(=O)c1ccccc1. The lowest BCUT2D eigenvalue weighted by atomic mass is 10.1. The first-order valence-corrected chi connectivity index (χ1v) is 14.9. The first-order valence-electron chi connectivity index (χ1n) is 12.7. The van der Waals surface area contributed by atoms with Crippen LogP contribution in [0.25, 0.3) is 0 Å². The van der Waals surface area contributed by atoms with Crippen LogP contribution in [0.3, 0.4) is 0 Å². The van der Waals surface area contributed by atoms with Crippen LogP contribution in [0.1, 0.15) is 32.8 Å². The van der Waals surface area contributed by atoms with Crippen molar-refractivity contribution in [3.63, 3.8) is 0 Å². The van der Waals surface area contributed by atoms with Crippen LogP contribution in [0.4, 0.5) is 5.69 Å². The molecule has 0 heterocycles. The molecule has 3 rings (SSSR count). The molecule has 0 spiro atoms. The van der Waals surface area contributed by atoms with Crippen LogP contribution in [0.2, 0.25) is 10.0 Å².